The van der Waals surface area contributed by atoms with Crippen molar-refractivity contribution in [1.29, 1.82) is 0 Å². The Morgan fingerprint density at radius 3 is 2.76 bits per heavy atom. The van der Waals surface area contributed by atoms with E-state index in [9.17, 15) is 18.0 Å². The van der Waals surface area contributed by atoms with Gasteiger partial charge in [-0.3, -0.25) is 4.79 Å². The molecule has 0 unspecified atom stereocenters. The topological polar surface area (TPSA) is 99.7 Å². The number of nitrogens with zero attached hydrogens (tertiary/aromatic N) is 3. The van der Waals surface area contributed by atoms with Gasteiger partial charge < -0.3 is 15.2 Å². The van der Waals surface area contributed by atoms with Crippen molar-refractivity contribution in [3.05, 3.63) is 53.4 Å². The van der Waals surface area contributed by atoms with Crippen molar-refractivity contribution in [3.8, 4) is 5.75 Å². The van der Waals surface area contributed by atoms with Crippen LogP contribution in [0.15, 0.2) is 35.6 Å². The number of methoxy groups -OCH3 is 1. The van der Waals surface area contributed by atoms with Crippen LogP contribution in [0.25, 0.3) is 0 Å². The number of rotatable bonds is 6. The minimum absolute atomic E-state index is 0.0594. The number of aromatic nitrogens is 2. The Morgan fingerprint density at radius 2 is 2.10 bits per heavy atom. The summed E-state index contributed by atoms with van der Waals surface area (Å²) in [5, 5.41) is 0. The minimum atomic E-state index is -3.00. The van der Waals surface area contributed by atoms with Crippen LogP contribution < -0.4 is 10.5 Å². The first kappa shape index (κ1) is 19.2. The van der Waals surface area contributed by atoms with Crippen LogP contribution in [0.3, 0.4) is 0 Å². The van der Waals surface area contributed by atoms with Gasteiger partial charge in [-0.25, -0.2) is 28.1 Å². The molecule has 0 saturated heterocycles. The second kappa shape index (κ2) is 7.02. The first-order valence-corrected chi connectivity index (χ1v) is 8.83. The number of nitrogens with two attached hydrogens (primary N) is 1. The third-order valence-electron chi connectivity index (χ3n) is 5.14. The van der Waals surface area contributed by atoms with Crippen molar-refractivity contribution in [2.75, 3.05) is 7.11 Å². The van der Waals surface area contributed by atoms with Crippen LogP contribution in [0, 0.1) is 11.7 Å². The van der Waals surface area contributed by atoms with Crippen LogP contribution in [-0.2, 0) is 16.7 Å². The molecule has 0 spiro atoms. The second-order valence-corrected chi connectivity index (χ2v) is 6.94. The molecule has 2 heterocycles. The number of carbonyl (C=O) groups is 1. The Hall–Kier alpha value is -3.17. The number of halogens is 3. The normalized spacial score (nSPS) is 25.1. The van der Waals surface area contributed by atoms with Gasteiger partial charge in [0.15, 0.2) is 17.1 Å². The zero-order chi connectivity index (χ0) is 20.8. The lowest BCUT2D eigenvalue weighted by atomic mass is 9.83. The molecular weight excluding hydrogens is 389 g/mol. The van der Waals surface area contributed by atoms with Gasteiger partial charge in [0.05, 0.1) is 19.5 Å². The molecule has 7 nitrogen and oxygen atoms in total. The number of hydrogen-bond donors (Lipinski definition) is 1. The van der Waals surface area contributed by atoms with Crippen LogP contribution in [0.4, 0.5) is 13.2 Å². The highest BCUT2D eigenvalue weighted by atomic mass is 19.3. The van der Waals surface area contributed by atoms with Gasteiger partial charge in [-0.05, 0) is 24.1 Å². The first-order valence-electron chi connectivity index (χ1n) is 8.83. The predicted molar refractivity (Wildman–Crippen MR) is 95.3 cm³/mol. The molecule has 2 aliphatic rings. The molecule has 0 bridgehead atoms. The quantitative estimate of drug-likeness (QED) is 0.739. The molecule has 10 heteroatoms. The maximum Gasteiger partial charge on any atom is 0.283 e. The molecule has 1 saturated carbocycles. The smallest absolute Gasteiger partial charge is 0.283 e. The molecule has 4 rings (SSSR count). The molecule has 2 N–H and O–H groups in total. The van der Waals surface area contributed by atoms with E-state index in [1.807, 2.05) is 0 Å². The maximum atomic E-state index is 14.6. The Kier molecular flexibility index (Phi) is 4.64. The molecule has 2 aromatic rings. The van der Waals surface area contributed by atoms with Gasteiger partial charge in [0, 0.05) is 17.9 Å². The van der Waals surface area contributed by atoms with Crippen molar-refractivity contribution >= 4 is 11.8 Å². The van der Waals surface area contributed by atoms with Gasteiger partial charge >= 0.3 is 0 Å². The van der Waals surface area contributed by atoms with Crippen molar-refractivity contribution in [3.63, 3.8) is 0 Å². The number of ether oxygens (including phenoxy) is 2. The van der Waals surface area contributed by atoms with Crippen molar-refractivity contribution < 1.29 is 27.4 Å². The molecule has 0 amide bonds. The summed E-state index contributed by atoms with van der Waals surface area (Å²) in [7, 11) is 1.44. The monoisotopic (exact) mass is 406 g/mol. The summed E-state index contributed by atoms with van der Waals surface area (Å²) in [4.78, 5) is 24.1. The van der Waals surface area contributed by atoms with Gasteiger partial charge in [0.25, 0.3) is 12.4 Å². The third-order valence-corrected chi connectivity index (χ3v) is 5.14. The fourth-order valence-electron chi connectivity index (χ4n) is 3.62. The number of hydrogen-bond acceptors (Lipinski definition) is 7. The number of ketones is 1. The highest BCUT2D eigenvalue weighted by molar-refractivity contribution is 5.94. The van der Waals surface area contributed by atoms with Crippen LogP contribution in [0.1, 0.15) is 28.2 Å². The first-order chi connectivity index (χ1) is 13.8. The lowest BCUT2D eigenvalue weighted by molar-refractivity contribution is 0.0176. The lowest BCUT2D eigenvalue weighted by Crippen LogP contribution is -2.43. The largest absolute Gasteiger partial charge is 0.494 e. The SMILES string of the molecule is COc1cnc(C(=O)Cc2ccc(F)c([C@@]3(C(F)F)N=C(N)O[C@@H]4C[C@@H]43)c2)nc1. The molecular formula is C19H17F3N4O3. The van der Waals surface area contributed by atoms with E-state index in [1.165, 1.54) is 31.6 Å². The number of Topliss-reactive ketones (excluding diaryl/α,β-unsaturated/α-hetero) is 1. The van der Waals surface area contributed by atoms with Gasteiger partial charge in [-0.1, -0.05) is 6.07 Å². The molecule has 1 fully saturated rings. The summed E-state index contributed by atoms with van der Waals surface area (Å²) in [6, 6.07) is 3.25. The fraction of sp³-hybridized carbons (Fsp3) is 0.368. The van der Waals surface area contributed by atoms with E-state index in [4.69, 9.17) is 15.2 Å². The zero-order valence-electron chi connectivity index (χ0n) is 15.3. The number of carbonyl (C=O) groups excluding carboxylic acids is 1. The van der Waals surface area contributed by atoms with Crippen LogP contribution >= 0.6 is 0 Å². The summed E-state index contributed by atoms with van der Waals surface area (Å²) in [6.45, 7) is 0. The summed E-state index contributed by atoms with van der Waals surface area (Å²) >= 11 is 0. The van der Waals surface area contributed by atoms with E-state index in [2.05, 4.69) is 15.0 Å². The molecule has 0 radical (unpaired) electrons. The maximum absolute atomic E-state index is 14.6. The molecule has 1 aliphatic carbocycles. The third kappa shape index (κ3) is 3.28. The lowest BCUT2D eigenvalue weighted by Gasteiger charge is -2.33. The number of alkyl halides is 2. The van der Waals surface area contributed by atoms with Gasteiger partial charge in [0.1, 0.15) is 11.9 Å². The Labute approximate surface area is 163 Å². The number of amidine groups is 1. The van der Waals surface area contributed by atoms with E-state index in [-0.39, 0.29) is 17.8 Å². The Balaban J connectivity index is 1.67. The highest BCUT2D eigenvalue weighted by Crippen LogP contribution is 2.56. The summed E-state index contributed by atoms with van der Waals surface area (Å²) in [5.41, 5.74) is 3.47. The molecule has 1 aliphatic heterocycles. The van der Waals surface area contributed by atoms with E-state index < -0.39 is 41.6 Å². The second-order valence-electron chi connectivity index (χ2n) is 6.94. The molecule has 1 aromatic carbocycles. The van der Waals surface area contributed by atoms with Crippen molar-refractivity contribution in [2.24, 2.45) is 16.6 Å². The fourth-order valence-corrected chi connectivity index (χ4v) is 3.62. The average molecular weight is 406 g/mol. The highest BCUT2D eigenvalue weighted by Gasteiger charge is 2.64. The summed E-state index contributed by atoms with van der Waals surface area (Å²) < 4.78 is 53.0. The number of fused-ring (bicyclic) bond motifs is 1. The Morgan fingerprint density at radius 1 is 1.38 bits per heavy atom. The molecule has 152 valence electrons. The van der Waals surface area contributed by atoms with Crippen LogP contribution in [0.2, 0.25) is 0 Å². The zero-order valence-corrected chi connectivity index (χ0v) is 15.3. The predicted octanol–water partition coefficient (Wildman–Crippen LogP) is 2.24. The number of benzene rings is 1. The van der Waals surface area contributed by atoms with E-state index >= 15 is 0 Å². The summed E-state index contributed by atoms with van der Waals surface area (Å²) in [6.07, 6.45) is -0.715. The molecule has 3 atom stereocenters. The minimum Gasteiger partial charge on any atom is -0.494 e. The number of aliphatic imine (C=N–C) groups is 1. The van der Waals surface area contributed by atoms with Crippen LogP contribution in [-0.4, -0.2) is 41.4 Å². The molecule has 1 aromatic heterocycles. The van der Waals surface area contributed by atoms with Gasteiger partial charge in [0.2, 0.25) is 5.78 Å². The van der Waals surface area contributed by atoms with E-state index in [1.54, 1.807) is 0 Å². The molecule has 29 heavy (non-hydrogen) atoms. The standard InChI is InChI=1S/C19H17F3N4O3/c1-28-10-7-24-16(25-8-10)14(27)5-9-2-3-13(20)11(4-9)19(17(21)22)12-6-15(12)29-18(23)26-19/h2-4,7-8,12,15,17H,5-6H2,1H3,(H2,23,26)/t12-,15+,19+/m0/s1. The van der Waals surface area contributed by atoms with Crippen molar-refractivity contribution in [2.45, 2.75) is 30.9 Å². The van der Waals surface area contributed by atoms with Crippen LogP contribution in [0.5, 0.6) is 5.75 Å². The van der Waals surface area contributed by atoms with Gasteiger partial charge in [-0.2, -0.15) is 0 Å². The Bertz CT molecular complexity index is 983. The average Bonchev–Trinajstić information content (AvgIpc) is 3.48. The summed E-state index contributed by atoms with van der Waals surface area (Å²) in [5.74, 6) is -1.64. The van der Waals surface area contributed by atoms with Gasteiger partial charge in [-0.15, -0.1) is 0 Å². The van der Waals surface area contributed by atoms with E-state index in [0.29, 0.717) is 17.7 Å². The van der Waals surface area contributed by atoms with E-state index in [0.717, 1.165) is 6.07 Å². The van der Waals surface area contributed by atoms with Crippen molar-refractivity contribution in [1.82, 2.24) is 9.97 Å².